The second-order valence-electron chi connectivity index (χ2n) is 5.53. The number of aliphatic carboxylic acids is 1. The molecule has 0 aromatic rings. The van der Waals surface area contributed by atoms with Gasteiger partial charge in [0.05, 0.1) is 13.2 Å². The highest BCUT2D eigenvalue weighted by atomic mass is 16.5. The number of carboxylic acid groups (broad SMARTS) is 1. The molecular formula is C16H31O4-. The van der Waals surface area contributed by atoms with Crippen LogP contribution in [-0.2, 0) is 9.53 Å². The lowest BCUT2D eigenvalue weighted by Crippen LogP contribution is -2.29. The van der Waals surface area contributed by atoms with E-state index in [1.165, 1.54) is 38.5 Å². The molecule has 0 rings (SSSR count). The molecule has 0 fully saturated rings. The quantitative estimate of drug-likeness (QED) is 0.469. The van der Waals surface area contributed by atoms with Crippen LogP contribution in [0.4, 0.5) is 0 Å². The number of rotatable bonds is 15. The molecule has 0 aliphatic rings. The highest BCUT2D eigenvalue weighted by Gasteiger charge is 2.01. The molecule has 0 aliphatic carbocycles. The molecule has 1 atom stereocenters. The van der Waals surface area contributed by atoms with Crippen LogP contribution >= 0.6 is 0 Å². The van der Waals surface area contributed by atoms with Gasteiger partial charge in [0, 0.05) is 12.6 Å². The third-order valence-corrected chi connectivity index (χ3v) is 3.56. The smallest absolute Gasteiger partial charge is 0.0697 e. The van der Waals surface area contributed by atoms with Crippen molar-refractivity contribution in [3.8, 4) is 0 Å². The number of carboxylic acids is 1. The van der Waals surface area contributed by atoms with Crippen LogP contribution in [0.2, 0.25) is 0 Å². The highest BCUT2D eigenvalue weighted by Crippen LogP contribution is 2.13. The number of aliphatic hydroxyl groups is 1. The molecule has 1 N–H and O–H groups in total. The molecule has 0 heterocycles. The van der Waals surface area contributed by atoms with Crippen LogP contribution in [0.25, 0.3) is 0 Å². The first kappa shape index (κ1) is 19.4. The summed E-state index contributed by atoms with van der Waals surface area (Å²) >= 11 is 0. The van der Waals surface area contributed by atoms with E-state index in [4.69, 9.17) is 9.84 Å². The van der Waals surface area contributed by atoms with Crippen molar-refractivity contribution < 1.29 is 19.7 Å². The summed E-state index contributed by atoms with van der Waals surface area (Å²) in [4.78, 5) is 10.5. The van der Waals surface area contributed by atoms with Crippen molar-refractivity contribution in [1.29, 1.82) is 0 Å². The first-order valence-electron chi connectivity index (χ1n) is 8.08. The van der Waals surface area contributed by atoms with E-state index in [0.29, 0.717) is 6.61 Å². The van der Waals surface area contributed by atoms with Crippen molar-refractivity contribution in [2.75, 3.05) is 19.8 Å². The lowest BCUT2D eigenvalue weighted by atomic mass is 10.0. The van der Waals surface area contributed by atoms with Gasteiger partial charge in [-0.1, -0.05) is 58.3 Å². The lowest BCUT2D eigenvalue weighted by molar-refractivity contribution is -0.311. The number of hydrogen-bond acceptors (Lipinski definition) is 4. The van der Waals surface area contributed by atoms with E-state index in [-0.39, 0.29) is 12.5 Å². The van der Waals surface area contributed by atoms with Crippen LogP contribution in [0.1, 0.15) is 71.1 Å². The summed E-state index contributed by atoms with van der Waals surface area (Å²) in [5, 5.41) is 19.0. The maximum absolute atomic E-state index is 10.5. The van der Waals surface area contributed by atoms with Gasteiger partial charge in [0.1, 0.15) is 0 Å². The van der Waals surface area contributed by atoms with E-state index in [1.54, 1.807) is 6.92 Å². The molecule has 120 valence electrons. The number of ether oxygens (including phenoxy) is 1. The van der Waals surface area contributed by atoms with Crippen molar-refractivity contribution in [3.63, 3.8) is 0 Å². The summed E-state index contributed by atoms with van der Waals surface area (Å²) in [5.74, 6) is -1.23. The molecule has 0 radical (unpaired) electrons. The molecule has 0 saturated heterocycles. The Bertz CT molecular complexity index is 219. The average molecular weight is 287 g/mol. The van der Waals surface area contributed by atoms with Crippen LogP contribution < -0.4 is 5.11 Å². The van der Waals surface area contributed by atoms with Crippen LogP contribution in [0.15, 0.2) is 0 Å². The van der Waals surface area contributed by atoms with E-state index in [0.717, 1.165) is 32.3 Å². The van der Waals surface area contributed by atoms with Gasteiger partial charge in [-0.05, 0) is 18.8 Å². The van der Waals surface area contributed by atoms with Gasteiger partial charge < -0.3 is 19.7 Å². The molecule has 4 heteroatoms. The summed E-state index contributed by atoms with van der Waals surface area (Å²) in [7, 11) is 0. The lowest BCUT2D eigenvalue weighted by Gasteiger charge is -2.11. The van der Waals surface area contributed by atoms with Gasteiger partial charge in [0.15, 0.2) is 0 Å². The van der Waals surface area contributed by atoms with Crippen LogP contribution in [0.5, 0.6) is 0 Å². The molecule has 4 nitrogen and oxygen atoms in total. The van der Waals surface area contributed by atoms with E-state index in [2.05, 4.69) is 0 Å². The van der Waals surface area contributed by atoms with Crippen LogP contribution in [-0.4, -0.2) is 30.9 Å². The van der Waals surface area contributed by atoms with Crippen LogP contribution in [0.3, 0.4) is 0 Å². The summed E-state index contributed by atoms with van der Waals surface area (Å²) in [6.07, 6.45) is 11.4. The molecule has 0 aliphatic heterocycles. The molecule has 0 amide bonds. The standard InChI is InChI=1S/C16H32O4/c1-15(16(18)19)11-9-7-5-3-2-4-6-8-10-13-20-14-12-17/h15,17H,2-14H2,1H3,(H,18,19)/p-1/t15-/m0/s1. The van der Waals surface area contributed by atoms with Gasteiger partial charge in [0.25, 0.3) is 0 Å². The van der Waals surface area contributed by atoms with Gasteiger partial charge in [-0.2, -0.15) is 0 Å². The molecule has 0 unspecified atom stereocenters. The summed E-state index contributed by atoms with van der Waals surface area (Å²) in [6, 6.07) is 0. The van der Waals surface area contributed by atoms with E-state index >= 15 is 0 Å². The zero-order chi connectivity index (χ0) is 15.1. The first-order chi connectivity index (χ1) is 9.68. The molecule has 0 saturated carbocycles. The van der Waals surface area contributed by atoms with Gasteiger partial charge in [-0.25, -0.2) is 0 Å². The maximum atomic E-state index is 10.5. The highest BCUT2D eigenvalue weighted by molar-refractivity contribution is 5.66. The summed E-state index contributed by atoms with van der Waals surface area (Å²) in [6.45, 7) is 3.05. The third kappa shape index (κ3) is 13.8. The number of carbonyl (C=O) groups is 1. The van der Waals surface area contributed by atoms with E-state index in [9.17, 15) is 9.90 Å². The van der Waals surface area contributed by atoms with Crippen molar-refractivity contribution in [2.24, 2.45) is 5.92 Å². The normalized spacial score (nSPS) is 12.5. The molecule has 0 aromatic heterocycles. The second kappa shape index (κ2) is 14.8. The number of unbranched alkanes of at least 4 members (excludes halogenated alkanes) is 8. The zero-order valence-electron chi connectivity index (χ0n) is 12.9. The Balaban J connectivity index is 3.04. The Morgan fingerprint density at radius 1 is 0.950 bits per heavy atom. The van der Waals surface area contributed by atoms with Gasteiger partial charge in [0.2, 0.25) is 0 Å². The molecule has 0 bridgehead atoms. The predicted octanol–water partition coefficient (Wildman–Crippen LogP) is 2.28. The van der Waals surface area contributed by atoms with Gasteiger partial charge in [-0.3, -0.25) is 0 Å². The Labute approximate surface area is 123 Å². The van der Waals surface area contributed by atoms with Crippen molar-refractivity contribution in [2.45, 2.75) is 71.1 Å². The van der Waals surface area contributed by atoms with Gasteiger partial charge >= 0.3 is 0 Å². The topological polar surface area (TPSA) is 69.6 Å². The first-order valence-corrected chi connectivity index (χ1v) is 8.08. The predicted molar refractivity (Wildman–Crippen MR) is 78.2 cm³/mol. The third-order valence-electron chi connectivity index (χ3n) is 3.56. The van der Waals surface area contributed by atoms with Crippen LogP contribution in [0, 0.1) is 5.92 Å². The molecule has 0 aromatic carbocycles. The summed E-state index contributed by atoms with van der Waals surface area (Å²) in [5.41, 5.74) is 0. The minimum Gasteiger partial charge on any atom is -0.550 e. The summed E-state index contributed by atoms with van der Waals surface area (Å²) < 4.78 is 5.19. The average Bonchev–Trinajstić information content (AvgIpc) is 2.43. The number of aliphatic hydroxyl groups excluding tert-OH is 1. The largest absolute Gasteiger partial charge is 0.550 e. The fourth-order valence-electron chi connectivity index (χ4n) is 2.18. The van der Waals surface area contributed by atoms with Crippen molar-refractivity contribution in [3.05, 3.63) is 0 Å². The minimum absolute atomic E-state index is 0.113. The second-order valence-corrected chi connectivity index (χ2v) is 5.53. The number of carbonyl (C=O) groups excluding carboxylic acids is 1. The molecule has 0 spiro atoms. The Morgan fingerprint density at radius 2 is 1.45 bits per heavy atom. The Morgan fingerprint density at radius 3 is 1.95 bits per heavy atom. The van der Waals surface area contributed by atoms with Gasteiger partial charge in [-0.15, -0.1) is 0 Å². The number of hydrogen-bond donors (Lipinski definition) is 1. The zero-order valence-corrected chi connectivity index (χ0v) is 12.9. The van der Waals surface area contributed by atoms with E-state index < -0.39 is 5.97 Å². The fourth-order valence-corrected chi connectivity index (χ4v) is 2.18. The molecule has 20 heavy (non-hydrogen) atoms. The SMILES string of the molecule is C[C@@H](CCCCCCCCCCCOCCO)C(=O)[O-]. The fraction of sp³-hybridized carbons (Fsp3) is 0.938. The Kier molecular flexibility index (Phi) is 14.3. The maximum Gasteiger partial charge on any atom is 0.0697 e. The van der Waals surface area contributed by atoms with Crippen molar-refractivity contribution in [1.82, 2.24) is 0 Å². The Hall–Kier alpha value is -0.610. The monoisotopic (exact) mass is 287 g/mol. The van der Waals surface area contributed by atoms with Crippen molar-refractivity contribution >= 4 is 5.97 Å². The van der Waals surface area contributed by atoms with E-state index in [1.807, 2.05) is 0 Å². The molecular weight excluding hydrogens is 256 g/mol. The minimum atomic E-state index is -0.923.